The molecule has 1 unspecified atom stereocenters. The van der Waals surface area contributed by atoms with Crippen molar-refractivity contribution in [3.8, 4) is 0 Å². The molecule has 6 N–H and O–H groups in total. The third kappa shape index (κ3) is 14.7. The van der Waals surface area contributed by atoms with Crippen molar-refractivity contribution in [2.45, 2.75) is 154 Å². The monoisotopic (exact) mass is 723 g/mol. The van der Waals surface area contributed by atoms with Crippen LogP contribution in [0.3, 0.4) is 0 Å². The normalized spacial score (nSPS) is 27.1. The number of carbonyl (C=O) groups is 6. The first-order chi connectivity index (χ1) is 24.3. The fourth-order valence-electron chi connectivity index (χ4n) is 6.94. The molecule has 51 heavy (non-hydrogen) atoms. The lowest BCUT2D eigenvalue weighted by Gasteiger charge is -2.36. The van der Waals surface area contributed by atoms with Crippen molar-refractivity contribution in [1.82, 2.24) is 26.2 Å². The number of esters is 1. The second kappa shape index (κ2) is 23.3. The summed E-state index contributed by atoms with van der Waals surface area (Å²) in [5.74, 6) is -5.28. The van der Waals surface area contributed by atoms with Crippen LogP contribution in [-0.2, 0) is 33.5 Å². The van der Waals surface area contributed by atoms with Crippen LogP contribution in [0.1, 0.15) is 124 Å². The van der Waals surface area contributed by atoms with Crippen LogP contribution in [0.15, 0.2) is 0 Å². The lowest BCUT2D eigenvalue weighted by Crippen LogP contribution is -2.61. The lowest BCUT2D eigenvalue weighted by atomic mass is 9.83. The number of likely N-dealkylation sites (N-methyl/N-ethyl adjacent to an activating group) is 1. The summed E-state index contributed by atoms with van der Waals surface area (Å²) in [6.07, 6.45) is 12.3. The van der Waals surface area contributed by atoms with Crippen LogP contribution in [0.5, 0.6) is 0 Å². The van der Waals surface area contributed by atoms with Crippen LogP contribution >= 0.6 is 0 Å². The van der Waals surface area contributed by atoms with E-state index in [1.807, 2.05) is 13.8 Å². The minimum atomic E-state index is -1.50. The zero-order valence-electron chi connectivity index (χ0n) is 31.5. The summed E-state index contributed by atoms with van der Waals surface area (Å²) in [6.45, 7) is 5.47. The highest BCUT2D eigenvalue weighted by Crippen LogP contribution is 2.28. The number of aliphatic hydroxyl groups is 2. The van der Waals surface area contributed by atoms with Crippen LogP contribution in [0.2, 0.25) is 0 Å². The Balaban J connectivity index is 2.44. The molecule has 1 aliphatic heterocycles. The number of carbonyl (C=O) groups excluding carboxylic acids is 6. The van der Waals surface area contributed by atoms with Gasteiger partial charge in [-0.2, -0.15) is 0 Å². The Morgan fingerprint density at radius 3 is 1.92 bits per heavy atom. The van der Waals surface area contributed by atoms with Gasteiger partial charge in [0.05, 0.1) is 19.1 Å². The number of nitrogens with one attached hydrogen (secondary N) is 4. The summed E-state index contributed by atoms with van der Waals surface area (Å²) in [6, 6.07) is -4.99. The topological polar surface area (TPSA) is 203 Å². The minimum absolute atomic E-state index is 0.00590. The highest BCUT2D eigenvalue weighted by Gasteiger charge is 2.39. The number of nitrogens with zero attached hydrogens (tertiary/aromatic N) is 1. The SMILES string of the molecule is CCCCCCCCCC[C@H]1OC(=O)CNC(=O)[C@H](CO)NC(=O)[C@H](CO)NC(=O)C(C2CCCCC2)NC(=O)[C@H](CC(C)C)N(C)C(=O)[C@@H]1C. The van der Waals surface area contributed by atoms with Gasteiger partial charge in [0.25, 0.3) is 0 Å². The number of hydrogen-bond acceptors (Lipinski definition) is 9. The van der Waals surface area contributed by atoms with Gasteiger partial charge in [0.15, 0.2) is 0 Å². The van der Waals surface area contributed by atoms with Crippen molar-refractivity contribution in [3.05, 3.63) is 0 Å². The number of ether oxygens (including phenoxy) is 1. The van der Waals surface area contributed by atoms with Gasteiger partial charge in [0.1, 0.15) is 36.8 Å². The van der Waals surface area contributed by atoms with Gasteiger partial charge in [-0.15, -0.1) is 0 Å². The molecular formula is C37H65N5O9. The molecule has 1 aliphatic carbocycles. The van der Waals surface area contributed by atoms with Crippen LogP contribution in [0, 0.1) is 17.8 Å². The molecule has 6 atom stereocenters. The Hall–Kier alpha value is -3.26. The molecule has 0 bridgehead atoms. The van der Waals surface area contributed by atoms with E-state index in [9.17, 15) is 39.0 Å². The first kappa shape index (κ1) is 43.9. The average Bonchev–Trinajstić information content (AvgIpc) is 3.12. The van der Waals surface area contributed by atoms with Crippen molar-refractivity contribution >= 4 is 35.5 Å². The fourth-order valence-corrected chi connectivity index (χ4v) is 6.94. The number of aliphatic hydroxyl groups excluding tert-OH is 2. The largest absolute Gasteiger partial charge is 0.460 e. The Morgan fingerprint density at radius 1 is 0.765 bits per heavy atom. The van der Waals surface area contributed by atoms with Crippen molar-refractivity contribution in [1.29, 1.82) is 0 Å². The first-order valence-electron chi connectivity index (χ1n) is 19.2. The molecule has 1 saturated heterocycles. The van der Waals surface area contributed by atoms with Gasteiger partial charge in [-0.1, -0.05) is 91.9 Å². The van der Waals surface area contributed by atoms with E-state index in [-0.39, 0.29) is 11.8 Å². The standard InChI is InChI=1S/C37H65N5O9/c1-6-7-8-9-10-11-12-16-19-30-25(4)37(50)42(5)29(20-24(2)3)35(48)41-32(26-17-14-13-15-18-26)36(49)40-28(23-44)34(47)39-27(22-43)33(46)38-21-31(45)51-30/h24-30,32,43-44H,6-23H2,1-5H3,(H,38,46)(H,39,47)(H,40,49)(H,41,48)/t25-,27+,28+,29+,30-,32?/m1/s1. The Bertz CT molecular complexity index is 1130. The van der Waals surface area contributed by atoms with Crippen LogP contribution < -0.4 is 21.3 Å². The van der Waals surface area contributed by atoms with Gasteiger partial charge < -0.3 is 41.1 Å². The summed E-state index contributed by atoms with van der Waals surface area (Å²) in [5.41, 5.74) is 0. The van der Waals surface area contributed by atoms with Gasteiger partial charge in [-0.25, -0.2) is 0 Å². The van der Waals surface area contributed by atoms with Gasteiger partial charge >= 0.3 is 5.97 Å². The zero-order chi connectivity index (χ0) is 37.9. The van der Waals surface area contributed by atoms with Gasteiger partial charge in [0, 0.05) is 7.05 Å². The Morgan fingerprint density at radius 2 is 1.33 bits per heavy atom. The van der Waals surface area contributed by atoms with Crippen LogP contribution in [0.4, 0.5) is 0 Å². The summed E-state index contributed by atoms with van der Waals surface area (Å²) in [5, 5.41) is 30.0. The molecular weight excluding hydrogens is 658 g/mol. The van der Waals surface area contributed by atoms with E-state index in [0.717, 1.165) is 44.9 Å². The van der Waals surface area contributed by atoms with Crippen molar-refractivity contribution in [3.63, 3.8) is 0 Å². The van der Waals surface area contributed by atoms with Gasteiger partial charge in [0.2, 0.25) is 29.5 Å². The maximum absolute atomic E-state index is 14.1. The molecule has 2 rings (SSSR count). The first-order valence-corrected chi connectivity index (χ1v) is 19.2. The predicted molar refractivity (Wildman–Crippen MR) is 192 cm³/mol. The zero-order valence-corrected chi connectivity index (χ0v) is 31.5. The molecule has 292 valence electrons. The maximum Gasteiger partial charge on any atom is 0.325 e. The van der Waals surface area contributed by atoms with Crippen molar-refractivity contribution in [2.75, 3.05) is 26.8 Å². The summed E-state index contributed by atoms with van der Waals surface area (Å²) >= 11 is 0. The van der Waals surface area contributed by atoms with Gasteiger partial charge in [-0.3, -0.25) is 28.8 Å². The molecule has 5 amide bonds. The minimum Gasteiger partial charge on any atom is -0.460 e. The third-order valence-corrected chi connectivity index (χ3v) is 10.1. The second-order valence-electron chi connectivity index (χ2n) is 14.8. The highest BCUT2D eigenvalue weighted by atomic mass is 16.5. The van der Waals surface area contributed by atoms with E-state index in [1.54, 1.807) is 14.0 Å². The van der Waals surface area contributed by atoms with Crippen molar-refractivity contribution in [2.24, 2.45) is 17.8 Å². The molecule has 0 aromatic heterocycles. The van der Waals surface area contributed by atoms with E-state index in [2.05, 4.69) is 28.2 Å². The summed E-state index contributed by atoms with van der Waals surface area (Å²) in [7, 11) is 1.54. The number of unbranched alkanes of at least 4 members (excludes halogenated alkanes) is 7. The van der Waals surface area contributed by atoms with Crippen LogP contribution in [-0.4, -0.2) is 108 Å². The molecule has 1 saturated carbocycles. The van der Waals surface area contributed by atoms with E-state index in [1.165, 1.54) is 24.2 Å². The molecule has 2 aliphatic rings. The smallest absolute Gasteiger partial charge is 0.325 e. The number of hydrogen-bond donors (Lipinski definition) is 6. The fraction of sp³-hybridized carbons (Fsp3) is 0.838. The Labute approximate surface area is 303 Å². The van der Waals surface area contributed by atoms with Gasteiger partial charge in [-0.05, 0) is 43.9 Å². The summed E-state index contributed by atoms with van der Waals surface area (Å²) < 4.78 is 5.79. The number of cyclic esters (lactones) is 1. The van der Waals surface area contributed by atoms with Crippen LogP contribution in [0.25, 0.3) is 0 Å². The number of rotatable bonds is 14. The summed E-state index contributed by atoms with van der Waals surface area (Å²) in [4.78, 5) is 82.3. The molecule has 1 heterocycles. The lowest BCUT2D eigenvalue weighted by molar-refractivity contribution is -0.157. The molecule has 0 aromatic rings. The molecule has 2 fully saturated rings. The molecule has 14 heteroatoms. The van der Waals surface area contributed by atoms with E-state index in [4.69, 9.17) is 4.74 Å². The second-order valence-corrected chi connectivity index (χ2v) is 14.8. The maximum atomic E-state index is 14.1. The Kier molecular flexibility index (Phi) is 20.1. The van der Waals surface area contributed by atoms with E-state index in [0.29, 0.717) is 32.1 Å². The molecule has 0 aromatic carbocycles. The molecule has 0 spiro atoms. The third-order valence-electron chi connectivity index (χ3n) is 10.1. The van der Waals surface area contributed by atoms with Crippen molar-refractivity contribution < 1.29 is 43.7 Å². The van der Waals surface area contributed by atoms with E-state index < -0.39 is 91.5 Å². The van der Waals surface area contributed by atoms with E-state index >= 15 is 0 Å². The molecule has 0 radical (unpaired) electrons. The highest BCUT2D eigenvalue weighted by molar-refractivity contribution is 5.96. The average molecular weight is 724 g/mol. The quantitative estimate of drug-likeness (QED) is 0.115. The number of amides is 5. The predicted octanol–water partition coefficient (Wildman–Crippen LogP) is 2.09. The molecule has 14 nitrogen and oxygen atoms in total.